The molecule has 6 heteroatoms. The highest BCUT2D eigenvalue weighted by atomic mass is 35.5. The first-order valence-corrected chi connectivity index (χ1v) is 4.81. The number of rotatable bonds is 4. The van der Waals surface area contributed by atoms with Gasteiger partial charge in [-0.2, -0.15) is 0 Å². The van der Waals surface area contributed by atoms with E-state index in [0.29, 0.717) is 17.9 Å². The van der Waals surface area contributed by atoms with E-state index in [1.807, 2.05) is 0 Å². The van der Waals surface area contributed by atoms with Crippen molar-refractivity contribution in [2.24, 2.45) is 0 Å². The molecule has 0 saturated heterocycles. The highest BCUT2D eigenvalue weighted by Gasteiger charge is 2.08. The number of nitrogens with two attached hydrogens (primary N) is 1. The smallest absolute Gasteiger partial charge is 0.288 e. The van der Waals surface area contributed by atoms with Crippen LogP contribution in [0.3, 0.4) is 0 Å². The zero-order chi connectivity index (χ0) is 11.3. The van der Waals surface area contributed by atoms with Gasteiger partial charge in [0, 0.05) is 17.5 Å². The Bertz CT molecular complexity index is 393. The van der Waals surface area contributed by atoms with E-state index in [1.165, 1.54) is 6.07 Å². The minimum Gasteiger partial charge on any atom is -0.383 e. The third kappa shape index (κ3) is 3.21. The molecule has 0 atom stereocenters. The number of halogens is 1. The van der Waals surface area contributed by atoms with E-state index in [-0.39, 0.29) is 11.5 Å². The molecule has 0 spiro atoms. The Morgan fingerprint density at radius 2 is 2.40 bits per heavy atom. The molecule has 0 amide bonds. The highest BCUT2D eigenvalue weighted by Crippen LogP contribution is 2.18. The minimum atomic E-state index is -0.509. The number of nitrogen functional groups attached to an aromatic ring is 1. The minimum absolute atomic E-state index is 0.0743. The van der Waals surface area contributed by atoms with Crippen molar-refractivity contribution in [2.45, 2.75) is 6.42 Å². The monoisotopic (exact) mass is 227 g/mol. The number of aromatic nitrogens is 1. The second-order valence-corrected chi connectivity index (χ2v) is 3.18. The van der Waals surface area contributed by atoms with Gasteiger partial charge in [-0.25, -0.2) is 4.98 Å². The molecule has 1 heterocycles. The first kappa shape index (κ1) is 11.5. The Kier molecular flexibility index (Phi) is 4.05. The van der Waals surface area contributed by atoms with Gasteiger partial charge in [-0.1, -0.05) is 12.2 Å². The molecule has 1 aromatic heterocycles. The summed E-state index contributed by atoms with van der Waals surface area (Å²) in [5, 5.41) is 10.5. The summed E-state index contributed by atoms with van der Waals surface area (Å²) < 4.78 is 0. The quantitative estimate of drug-likeness (QED) is 0.486. The largest absolute Gasteiger partial charge is 0.383 e. The first-order chi connectivity index (χ1) is 7.15. The fraction of sp³-hybridized carbons (Fsp3) is 0.222. The molecule has 2 N–H and O–H groups in total. The van der Waals surface area contributed by atoms with Gasteiger partial charge in [0.2, 0.25) is 0 Å². The van der Waals surface area contributed by atoms with Gasteiger partial charge in [-0.05, 0) is 6.42 Å². The van der Waals surface area contributed by atoms with Crippen LogP contribution in [-0.2, 0) is 0 Å². The van der Waals surface area contributed by atoms with Crippen LogP contribution >= 0.6 is 11.6 Å². The maximum Gasteiger partial charge on any atom is 0.288 e. The second kappa shape index (κ2) is 5.31. The second-order valence-electron chi connectivity index (χ2n) is 2.81. The van der Waals surface area contributed by atoms with Gasteiger partial charge < -0.3 is 5.73 Å². The summed E-state index contributed by atoms with van der Waals surface area (Å²) >= 11 is 5.48. The lowest BCUT2D eigenvalue weighted by Crippen LogP contribution is -1.96. The zero-order valence-electron chi connectivity index (χ0n) is 7.89. The molecule has 0 bridgehead atoms. The van der Waals surface area contributed by atoms with Crippen molar-refractivity contribution in [3.05, 3.63) is 34.0 Å². The third-order valence-corrected chi connectivity index (χ3v) is 1.94. The van der Waals surface area contributed by atoms with E-state index in [0.717, 1.165) is 6.20 Å². The van der Waals surface area contributed by atoms with Gasteiger partial charge in [-0.3, -0.25) is 10.1 Å². The summed E-state index contributed by atoms with van der Waals surface area (Å²) in [7, 11) is 0. The summed E-state index contributed by atoms with van der Waals surface area (Å²) in [6.07, 6.45) is 5.29. The molecule has 80 valence electrons. The Hall–Kier alpha value is -1.62. The molecule has 0 aliphatic carbocycles. The lowest BCUT2D eigenvalue weighted by molar-refractivity contribution is -0.385. The number of nitrogens with zero attached hydrogens (tertiary/aromatic N) is 2. The van der Waals surface area contributed by atoms with Crippen LogP contribution in [0.4, 0.5) is 11.5 Å². The standard InChI is InChI=1S/C9H10ClN3O2/c10-4-2-1-3-7-5-8(13(14)15)6-12-9(7)11/h1,3,5-6H,2,4H2,(H2,11,12). The molecule has 0 aromatic carbocycles. The summed E-state index contributed by atoms with van der Waals surface area (Å²) in [4.78, 5) is 13.7. The van der Waals surface area contributed by atoms with Gasteiger partial charge in [0.25, 0.3) is 5.69 Å². The molecule has 1 rings (SSSR count). The maximum atomic E-state index is 10.5. The Labute approximate surface area is 91.7 Å². The molecule has 1 aromatic rings. The Morgan fingerprint density at radius 3 is 3.00 bits per heavy atom. The topological polar surface area (TPSA) is 82.0 Å². The molecule has 0 saturated carbocycles. The summed E-state index contributed by atoms with van der Waals surface area (Å²) in [5.74, 6) is 0.769. The first-order valence-electron chi connectivity index (χ1n) is 4.27. The Morgan fingerprint density at radius 1 is 1.67 bits per heavy atom. The van der Waals surface area contributed by atoms with Crippen LogP contribution < -0.4 is 5.73 Å². The number of anilines is 1. The van der Waals surface area contributed by atoms with Crippen molar-refractivity contribution in [3.8, 4) is 0 Å². The van der Waals surface area contributed by atoms with Crippen LogP contribution in [-0.4, -0.2) is 15.8 Å². The number of hydrogen-bond donors (Lipinski definition) is 1. The maximum absolute atomic E-state index is 10.5. The van der Waals surface area contributed by atoms with Crippen LogP contribution in [0.15, 0.2) is 18.3 Å². The lowest BCUT2D eigenvalue weighted by Gasteiger charge is -1.98. The average Bonchev–Trinajstić information content (AvgIpc) is 2.20. The summed E-state index contributed by atoms with van der Waals surface area (Å²) in [6.45, 7) is 0. The normalized spacial score (nSPS) is 10.7. The van der Waals surface area contributed by atoms with Crippen molar-refractivity contribution in [1.82, 2.24) is 4.98 Å². The highest BCUT2D eigenvalue weighted by molar-refractivity contribution is 6.17. The number of hydrogen-bond acceptors (Lipinski definition) is 4. The van der Waals surface area contributed by atoms with Crippen LogP contribution in [0.25, 0.3) is 6.08 Å². The molecule has 0 unspecified atom stereocenters. The number of pyridine rings is 1. The van der Waals surface area contributed by atoms with Crippen LogP contribution in [0, 0.1) is 10.1 Å². The predicted octanol–water partition coefficient (Wildman–Crippen LogP) is 2.21. The molecular formula is C9H10ClN3O2. The zero-order valence-corrected chi connectivity index (χ0v) is 8.65. The van der Waals surface area contributed by atoms with Crippen molar-refractivity contribution in [3.63, 3.8) is 0 Å². The molecule has 15 heavy (non-hydrogen) atoms. The number of nitro groups is 1. The lowest BCUT2D eigenvalue weighted by atomic mass is 10.2. The molecular weight excluding hydrogens is 218 g/mol. The summed E-state index contributed by atoms with van der Waals surface area (Å²) in [5.41, 5.74) is 6.02. The van der Waals surface area contributed by atoms with Gasteiger partial charge in [0.05, 0.1) is 4.92 Å². The molecule has 0 radical (unpaired) electrons. The van der Waals surface area contributed by atoms with E-state index < -0.39 is 4.92 Å². The molecule has 0 aliphatic heterocycles. The van der Waals surface area contributed by atoms with Crippen molar-refractivity contribution < 1.29 is 4.92 Å². The van der Waals surface area contributed by atoms with Crippen LogP contribution in [0.2, 0.25) is 0 Å². The fourth-order valence-electron chi connectivity index (χ4n) is 0.987. The van der Waals surface area contributed by atoms with Crippen LogP contribution in [0.5, 0.6) is 0 Å². The SMILES string of the molecule is Nc1ncc([N+](=O)[O-])cc1C=CCCCl. The van der Waals surface area contributed by atoms with Gasteiger partial charge in [0.15, 0.2) is 0 Å². The van der Waals surface area contributed by atoms with Gasteiger partial charge >= 0.3 is 0 Å². The van der Waals surface area contributed by atoms with Crippen molar-refractivity contribution >= 4 is 29.2 Å². The van der Waals surface area contributed by atoms with E-state index in [4.69, 9.17) is 17.3 Å². The number of allylic oxidation sites excluding steroid dienone is 1. The van der Waals surface area contributed by atoms with Gasteiger partial charge in [-0.15, -0.1) is 11.6 Å². The van der Waals surface area contributed by atoms with E-state index >= 15 is 0 Å². The fourth-order valence-corrected chi connectivity index (χ4v) is 1.11. The van der Waals surface area contributed by atoms with Crippen molar-refractivity contribution in [2.75, 3.05) is 11.6 Å². The molecule has 5 nitrogen and oxygen atoms in total. The number of alkyl halides is 1. The third-order valence-electron chi connectivity index (χ3n) is 1.72. The van der Waals surface area contributed by atoms with Crippen molar-refractivity contribution in [1.29, 1.82) is 0 Å². The summed E-state index contributed by atoms with van der Waals surface area (Å²) in [6, 6.07) is 1.38. The molecule has 0 fully saturated rings. The van der Waals surface area contributed by atoms with E-state index in [1.54, 1.807) is 12.2 Å². The van der Waals surface area contributed by atoms with E-state index in [2.05, 4.69) is 4.98 Å². The average molecular weight is 228 g/mol. The Balaban J connectivity index is 2.95. The predicted molar refractivity (Wildman–Crippen MR) is 59.7 cm³/mol. The van der Waals surface area contributed by atoms with Gasteiger partial charge in [0.1, 0.15) is 12.0 Å². The van der Waals surface area contributed by atoms with E-state index in [9.17, 15) is 10.1 Å². The van der Waals surface area contributed by atoms with Crippen LogP contribution in [0.1, 0.15) is 12.0 Å². The molecule has 0 aliphatic rings.